The molecule has 2 aromatic rings. The summed E-state index contributed by atoms with van der Waals surface area (Å²) in [5.41, 5.74) is 2.56. The van der Waals surface area contributed by atoms with Crippen LogP contribution >= 0.6 is 11.8 Å². The molecule has 1 fully saturated rings. The number of nitrogens with zero attached hydrogens (tertiary/aromatic N) is 2. The molecule has 1 heterocycles. The second kappa shape index (κ2) is 9.74. The molecule has 2 amide bonds. The van der Waals surface area contributed by atoms with Crippen molar-refractivity contribution in [1.82, 2.24) is 5.32 Å². The van der Waals surface area contributed by atoms with Crippen LogP contribution in [0.1, 0.15) is 11.1 Å². The SMILES string of the molecule is COc1cc(C=NN=C2NC(=O)CS2)ccc1OCC(=O)Nc1ccc(C)cc1. The quantitative estimate of drug-likeness (QED) is 0.538. The number of thioether (sulfide) groups is 1. The summed E-state index contributed by atoms with van der Waals surface area (Å²) in [7, 11) is 1.51. The largest absolute Gasteiger partial charge is 0.493 e. The van der Waals surface area contributed by atoms with Gasteiger partial charge in [0.15, 0.2) is 23.3 Å². The van der Waals surface area contributed by atoms with E-state index in [2.05, 4.69) is 20.8 Å². The second-order valence-electron chi connectivity index (χ2n) is 6.10. The zero-order chi connectivity index (χ0) is 20.6. The molecule has 0 spiro atoms. The minimum atomic E-state index is -0.270. The number of carbonyl (C=O) groups excluding carboxylic acids is 2. The monoisotopic (exact) mass is 412 g/mol. The van der Waals surface area contributed by atoms with E-state index in [-0.39, 0.29) is 18.4 Å². The lowest BCUT2D eigenvalue weighted by Gasteiger charge is -2.11. The standard InChI is InChI=1S/C20H20N4O4S/c1-13-3-6-15(7-4-13)22-18(25)11-28-16-8-5-14(9-17(16)27-2)10-21-24-20-23-19(26)12-29-20/h3-10H,11-12H2,1-2H3,(H,22,25)(H,23,24,26). The third kappa shape index (κ3) is 6.08. The Hall–Kier alpha value is -3.33. The number of aryl methyl sites for hydroxylation is 1. The number of hydrogen-bond donors (Lipinski definition) is 2. The minimum absolute atomic E-state index is 0.0847. The molecule has 0 aromatic heterocycles. The van der Waals surface area contributed by atoms with Crippen LogP contribution in [0.15, 0.2) is 52.7 Å². The molecular weight excluding hydrogens is 392 g/mol. The molecule has 0 unspecified atom stereocenters. The van der Waals surface area contributed by atoms with E-state index in [9.17, 15) is 9.59 Å². The Kier molecular flexibility index (Phi) is 6.85. The first kappa shape index (κ1) is 20.4. The third-order valence-electron chi connectivity index (χ3n) is 3.82. The normalized spacial score (nSPS) is 14.8. The number of nitrogens with one attached hydrogen (secondary N) is 2. The zero-order valence-electron chi connectivity index (χ0n) is 16.0. The Morgan fingerprint density at radius 2 is 2.03 bits per heavy atom. The van der Waals surface area contributed by atoms with Crippen LogP contribution in [0.2, 0.25) is 0 Å². The highest BCUT2D eigenvalue weighted by Gasteiger charge is 2.16. The fourth-order valence-electron chi connectivity index (χ4n) is 2.39. The van der Waals surface area contributed by atoms with Crippen LogP contribution in [0.3, 0.4) is 0 Å². The first-order valence-electron chi connectivity index (χ1n) is 8.74. The van der Waals surface area contributed by atoms with Crippen LogP contribution in [0, 0.1) is 6.92 Å². The fourth-order valence-corrected chi connectivity index (χ4v) is 3.02. The van der Waals surface area contributed by atoms with Gasteiger partial charge in [0, 0.05) is 5.69 Å². The molecule has 0 atom stereocenters. The van der Waals surface area contributed by atoms with E-state index in [1.807, 2.05) is 31.2 Å². The highest BCUT2D eigenvalue weighted by Crippen LogP contribution is 2.27. The summed E-state index contributed by atoms with van der Waals surface area (Å²) < 4.78 is 10.9. The van der Waals surface area contributed by atoms with Crippen molar-refractivity contribution in [3.8, 4) is 11.5 Å². The summed E-state index contributed by atoms with van der Waals surface area (Å²) in [5.74, 6) is 0.903. The smallest absolute Gasteiger partial charge is 0.262 e. The lowest BCUT2D eigenvalue weighted by molar-refractivity contribution is -0.118. The van der Waals surface area contributed by atoms with E-state index in [1.54, 1.807) is 18.2 Å². The molecule has 0 bridgehead atoms. The van der Waals surface area contributed by atoms with Gasteiger partial charge in [-0.05, 0) is 42.8 Å². The van der Waals surface area contributed by atoms with Crippen LogP contribution in [0.25, 0.3) is 0 Å². The van der Waals surface area contributed by atoms with Crippen LogP contribution in [-0.4, -0.2) is 42.7 Å². The molecule has 9 heteroatoms. The van der Waals surface area contributed by atoms with Gasteiger partial charge in [0.05, 0.1) is 19.1 Å². The molecule has 3 rings (SSSR count). The minimum Gasteiger partial charge on any atom is -0.493 e. The molecule has 1 aliphatic rings. The number of benzene rings is 2. The third-order valence-corrected chi connectivity index (χ3v) is 4.69. The molecule has 8 nitrogen and oxygen atoms in total. The fraction of sp³-hybridized carbons (Fsp3) is 0.200. The predicted molar refractivity (Wildman–Crippen MR) is 114 cm³/mol. The van der Waals surface area contributed by atoms with Gasteiger partial charge in [-0.2, -0.15) is 5.10 Å². The number of amidine groups is 1. The van der Waals surface area contributed by atoms with Crippen molar-refractivity contribution >= 4 is 40.6 Å². The van der Waals surface area contributed by atoms with E-state index >= 15 is 0 Å². The van der Waals surface area contributed by atoms with Crippen molar-refractivity contribution in [2.45, 2.75) is 6.92 Å². The van der Waals surface area contributed by atoms with Crippen LogP contribution in [0.5, 0.6) is 11.5 Å². The maximum atomic E-state index is 12.1. The Labute approximate surface area is 172 Å². The number of methoxy groups -OCH3 is 1. The summed E-state index contributed by atoms with van der Waals surface area (Å²) in [6.07, 6.45) is 1.54. The molecule has 29 heavy (non-hydrogen) atoms. The van der Waals surface area contributed by atoms with Gasteiger partial charge in [-0.15, -0.1) is 5.10 Å². The van der Waals surface area contributed by atoms with Crippen molar-refractivity contribution in [3.63, 3.8) is 0 Å². The number of anilines is 1. The van der Waals surface area contributed by atoms with Gasteiger partial charge in [0.2, 0.25) is 5.91 Å². The molecule has 1 saturated heterocycles. The topological polar surface area (TPSA) is 101 Å². The van der Waals surface area contributed by atoms with E-state index in [0.29, 0.717) is 28.1 Å². The first-order chi connectivity index (χ1) is 14.0. The molecule has 0 radical (unpaired) electrons. The van der Waals surface area contributed by atoms with Gasteiger partial charge in [-0.1, -0.05) is 29.5 Å². The summed E-state index contributed by atoms with van der Waals surface area (Å²) >= 11 is 1.30. The second-order valence-corrected chi connectivity index (χ2v) is 7.06. The Morgan fingerprint density at radius 3 is 2.72 bits per heavy atom. The van der Waals surface area contributed by atoms with Gasteiger partial charge in [0.25, 0.3) is 5.91 Å². The average Bonchev–Trinajstić information content (AvgIpc) is 3.13. The molecule has 150 valence electrons. The van der Waals surface area contributed by atoms with Crippen LogP contribution < -0.4 is 20.1 Å². The van der Waals surface area contributed by atoms with Gasteiger partial charge >= 0.3 is 0 Å². The number of rotatable bonds is 7. The van der Waals surface area contributed by atoms with Crippen molar-refractivity contribution in [2.75, 3.05) is 24.8 Å². The van der Waals surface area contributed by atoms with Crippen molar-refractivity contribution in [1.29, 1.82) is 0 Å². The van der Waals surface area contributed by atoms with Crippen molar-refractivity contribution in [3.05, 3.63) is 53.6 Å². The number of hydrogen-bond acceptors (Lipinski definition) is 7. The van der Waals surface area contributed by atoms with Gasteiger partial charge < -0.3 is 20.1 Å². The predicted octanol–water partition coefficient (Wildman–Crippen LogP) is 2.57. The Balaban J connectivity index is 1.57. The lowest BCUT2D eigenvalue weighted by atomic mass is 10.2. The van der Waals surface area contributed by atoms with E-state index in [1.165, 1.54) is 25.1 Å². The molecule has 2 N–H and O–H groups in total. The van der Waals surface area contributed by atoms with Gasteiger partial charge in [-0.3, -0.25) is 9.59 Å². The highest BCUT2D eigenvalue weighted by atomic mass is 32.2. The Morgan fingerprint density at radius 1 is 1.24 bits per heavy atom. The van der Waals surface area contributed by atoms with E-state index in [0.717, 1.165) is 11.1 Å². The van der Waals surface area contributed by atoms with Crippen molar-refractivity contribution in [2.24, 2.45) is 10.2 Å². The first-order valence-corrected chi connectivity index (χ1v) is 9.73. The highest BCUT2D eigenvalue weighted by molar-refractivity contribution is 8.15. The molecular formula is C20H20N4O4S. The van der Waals surface area contributed by atoms with Gasteiger partial charge in [0.1, 0.15) is 0 Å². The molecule has 0 aliphatic carbocycles. The van der Waals surface area contributed by atoms with Crippen LogP contribution in [-0.2, 0) is 9.59 Å². The van der Waals surface area contributed by atoms with Crippen molar-refractivity contribution < 1.29 is 19.1 Å². The molecule has 1 aliphatic heterocycles. The summed E-state index contributed by atoms with van der Waals surface area (Å²) in [5, 5.41) is 13.7. The summed E-state index contributed by atoms with van der Waals surface area (Å²) in [6, 6.07) is 12.7. The molecule has 0 saturated carbocycles. The summed E-state index contributed by atoms with van der Waals surface area (Å²) in [6.45, 7) is 1.83. The maximum absolute atomic E-state index is 12.1. The maximum Gasteiger partial charge on any atom is 0.262 e. The van der Waals surface area contributed by atoms with E-state index < -0.39 is 0 Å². The van der Waals surface area contributed by atoms with Crippen LogP contribution in [0.4, 0.5) is 5.69 Å². The number of amides is 2. The Bertz CT molecular complexity index is 957. The van der Waals surface area contributed by atoms with Gasteiger partial charge in [-0.25, -0.2) is 0 Å². The summed E-state index contributed by atoms with van der Waals surface area (Å²) in [4.78, 5) is 23.2. The molecule has 2 aromatic carbocycles. The number of carbonyl (C=O) groups is 2. The zero-order valence-corrected chi connectivity index (χ0v) is 16.8. The average molecular weight is 412 g/mol. The van der Waals surface area contributed by atoms with E-state index in [4.69, 9.17) is 9.47 Å². The number of ether oxygens (including phenoxy) is 2. The lowest BCUT2D eigenvalue weighted by Crippen LogP contribution is -2.20.